The maximum atomic E-state index is 11.6. The van der Waals surface area contributed by atoms with E-state index in [1.807, 2.05) is 18.2 Å². The summed E-state index contributed by atoms with van der Waals surface area (Å²) in [7, 11) is 0. The van der Waals surface area contributed by atoms with E-state index in [9.17, 15) is 9.59 Å². The van der Waals surface area contributed by atoms with Crippen LogP contribution in [-0.2, 0) is 16.0 Å². The summed E-state index contributed by atoms with van der Waals surface area (Å²) in [5, 5.41) is 0.672. The summed E-state index contributed by atoms with van der Waals surface area (Å²) in [6, 6.07) is 7.44. The van der Waals surface area contributed by atoms with Crippen molar-refractivity contribution in [2.75, 3.05) is 0 Å². The molecule has 1 unspecified atom stereocenters. The van der Waals surface area contributed by atoms with Crippen molar-refractivity contribution in [2.24, 2.45) is 5.92 Å². The quantitative estimate of drug-likeness (QED) is 0.739. The zero-order valence-electron chi connectivity index (χ0n) is 9.50. The van der Waals surface area contributed by atoms with E-state index in [-0.39, 0.29) is 11.6 Å². The molecule has 86 valence electrons. The highest BCUT2D eigenvalue weighted by atomic mass is 35.5. The molecule has 1 aromatic rings. The van der Waals surface area contributed by atoms with Crippen LogP contribution in [0.15, 0.2) is 24.3 Å². The average Bonchev–Trinajstić information content (AvgIpc) is 2.26. The minimum Gasteiger partial charge on any atom is -0.299 e. The van der Waals surface area contributed by atoms with E-state index in [0.29, 0.717) is 17.9 Å². The van der Waals surface area contributed by atoms with Gasteiger partial charge in [-0.2, -0.15) is 0 Å². The third-order valence-corrected chi connectivity index (χ3v) is 3.06. The van der Waals surface area contributed by atoms with Crippen molar-refractivity contribution >= 4 is 23.2 Å². The summed E-state index contributed by atoms with van der Waals surface area (Å²) in [6.07, 6.45) is 0.959. The van der Waals surface area contributed by atoms with Crippen molar-refractivity contribution in [3.63, 3.8) is 0 Å². The highest BCUT2D eigenvalue weighted by Gasteiger charge is 2.17. The normalized spacial score (nSPS) is 12.2. The largest absolute Gasteiger partial charge is 0.299 e. The standard InChI is InChI=1S/C13H15ClO2/c1-9(10(2)15)13(16)8-7-11-5-3-4-6-12(11)14/h3-6,9H,7-8H2,1-2H3. The molecule has 0 saturated heterocycles. The number of Topliss-reactive ketones (excluding diaryl/α,β-unsaturated/α-hetero) is 2. The number of halogens is 1. The van der Waals surface area contributed by atoms with Gasteiger partial charge in [0.15, 0.2) is 0 Å². The summed E-state index contributed by atoms with van der Waals surface area (Å²) in [5.41, 5.74) is 0.952. The van der Waals surface area contributed by atoms with Crippen LogP contribution in [0.1, 0.15) is 25.8 Å². The topological polar surface area (TPSA) is 34.1 Å². The van der Waals surface area contributed by atoms with E-state index in [1.54, 1.807) is 13.0 Å². The first-order valence-corrected chi connectivity index (χ1v) is 5.66. The summed E-state index contributed by atoms with van der Waals surface area (Å²) < 4.78 is 0. The maximum absolute atomic E-state index is 11.6. The van der Waals surface area contributed by atoms with Gasteiger partial charge in [-0.1, -0.05) is 29.8 Å². The van der Waals surface area contributed by atoms with Gasteiger partial charge in [0, 0.05) is 11.4 Å². The fourth-order valence-corrected chi connectivity index (χ4v) is 1.63. The number of hydrogen-bond donors (Lipinski definition) is 0. The lowest BCUT2D eigenvalue weighted by Gasteiger charge is -2.07. The number of hydrogen-bond acceptors (Lipinski definition) is 2. The minimum atomic E-state index is -0.498. The lowest BCUT2D eigenvalue weighted by molar-refractivity contribution is -0.130. The number of rotatable bonds is 5. The maximum Gasteiger partial charge on any atom is 0.143 e. The lowest BCUT2D eigenvalue weighted by Crippen LogP contribution is -2.18. The molecule has 1 aromatic carbocycles. The van der Waals surface area contributed by atoms with Crippen LogP contribution in [0.2, 0.25) is 5.02 Å². The molecule has 0 aliphatic rings. The van der Waals surface area contributed by atoms with Crippen LogP contribution in [0.25, 0.3) is 0 Å². The Morgan fingerprint density at radius 3 is 2.50 bits per heavy atom. The fraction of sp³-hybridized carbons (Fsp3) is 0.385. The van der Waals surface area contributed by atoms with Crippen molar-refractivity contribution in [1.29, 1.82) is 0 Å². The molecule has 0 bridgehead atoms. The number of ketones is 2. The predicted octanol–water partition coefficient (Wildman–Crippen LogP) is 3.07. The highest BCUT2D eigenvalue weighted by Crippen LogP contribution is 2.17. The molecule has 0 N–H and O–H groups in total. The molecule has 0 aromatic heterocycles. The van der Waals surface area contributed by atoms with Gasteiger partial charge in [-0.25, -0.2) is 0 Å². The molecule has 0 amide bonds. The molecule has 0 aliphatic carbocycles. The van der Waals surface area contributed by atoms with Crippen LogP contribution >= 0.6 is 11.6 Å². The van der Waals surface area contributed by atoms with Crippen molar-refractivity contribution in [1.82, 2.24) is 0 Å². The van der Waals surface area contributed by atoms with Crippen molar-refractivity contribution in [3.8, 4) is 0 Å². The Morgan fingerprint density at radius 1 is 1.31 bits per heavy atom. The zero-order chi connectivity index (χ0) is 12.1. The Hall–Kier alpha value is -1.15. The van der Waals surface area contributed by atoms with Crippen LogP contribution in [0.5, 0.6) is 0 Å². The molecule has 0 spiro atoms. The van der Waals surface area contributed by atoms with Crippen LogP contribution in [0.4, 0.5) is 0 Å². The van der Waals surface area contributed by atoms with E-state index in [2.05, 4.69) is 0 Å². The molecule has 1 atom stereocenters. The molecule has 0 fully saturated rings. The molecule has 0 radical (unpaired) electrons. The molecule has 0 heterocycles. The summed E-state index contributed by atoms with van der Waals surface area (Å²) in [5.74, 6) is -0.598. The second kappa shape index (κ2) is 5.80. The van der Waals surface area contributed by atoms with Gasteiger partial charge in [0.25, 0.3) is 0 Å². The average molecular weight is 239 g/mol. The number of carbonyl (C=O) groups is 2. The van der Waals surface area contributed by atoms with Crippen molar-refractivity contribution in [2.45, 2.75) is 26.7 Å². The van der Waals surface area contributed by atoms with Gasteiger partial charge in [0.2, 0.25) is 0 Å². The molecule has 1 rings (SSSR count). The summed E-state index contributed by atoms with van der Waals surface area (Å²) in [6.45, 7) is 3.09. The van der Waals surface area contributed by atoms with Crippen LogP contribution in [0, 0.1) is 5.92 Å². The van der Waals surface area contributed by atoms with Gasteiger partial charge in [0.05, 0.1) is 5.92 Å². The van der Waals surface area contributed by atoms with E-state index in [0.717, 1.165) is 5.56 Å². The summed E-state index contributed by atoms with van der Waals surface area (Å²) >= 11 is 5.97. The van der Waals surface area contributed by atoms with Gasteiger partial charge in [-0.3, -0.25) is 9.59 Å². The van der Waals surface area contributed by atoms with Gasteiger partial charge in [-0.05, 0) is 31.9 Å². The third-order valence-electron chi connectivity index (χ3n) is 2.69. The molecule has 0 saturated carbocycles. The Morgan fingerprint density at radius 2 is 1.94 bits per heavy atom. The highest BCUT2D eigenvalue weighted by molar-refractivity contribution is 6.31. The van der Waals surface area contributed by atoms with Crippen molar-refractivity contribution < 1.29 is 9.59 Å². The second-order valence-corrected chi connectivity index (χ2v) is 4.30. The fourth-order valence-electron chi connectivity index (χ4n) is 1.40. The third kappa shape index (κ3) is 3.46. The molecule has 0 aliphatic heterocycles. The Labute approximate surface area is 101 Å². The SMILES string of the molecule is CC(=O)C(C)C(=O)CCc1ccccc1Cl. The van der Waals surface area contributed by atoms with E-state index >= 15 is 0 Å². The van der Waals surface area contributed by atoms with Crippen LogP contribution in [-0.4, -0.2) is 11.6 Å². The molecule has 16 heavy (non-hydrogen) atoms. The molecular weight excluding hydrogens is 224 g/mol. The van der Waals surface area contributed by atoms with Crippen LogP contribution < -0.4 is 0 Å². The van der Waals surface area contributed by atoms with Crippen LogP contribution in [0.3, 0.4) is 0 Å². The van der Waals surface area contributed by atoms with E-state index in [4.69, 9.17) is 11.6 Å². The Bertz CT molecular complexity index is 399. The van der Waals surface area contributed by atoms with E-state index in [1.165, 1.54) is 6.92 Å². The monoisotopic (exact) mass is 238 g/mol. The first-order chi connectivity index (χ1) is 7.52. The predicted molar refractivity (Wildman–Crippen MR) is 64.6 cm³/mol. The second-order valence-electron chi connectivity index (χ2n) is 3.89. The molecular formula is C13H15ClO2. The summed E-state index contributed by atoms with van der Waals surface area (Å²) in [4.78, 5) is 22.6. The Kier molecular flexibility index (Phi) is 4.69. The number of carbonyl (C=O) groups excluding carboxylic acids is 2. The smallest absolute Gasteiger partial charge is 0.143 e. The van der Waals surface area contributed by atoms with Gasteiger partial charge < -0.3 is 0 Å². The lowest BCUT2D eigenvalue weighted by atomic mass is 9.97. The first-order valence-electron chi connectivity index (χ1n) is 5.29. The first kappa shape index (κ1) is 12.9. The number of benzene rings is 1. The Balaban J connectivity index is 2.56. The van der Waals surface area contributed by atoms with Gasteiger partial charge in [0.1, 0.15) is 11.6 Å². The zero-order valence-corrected chi connectivity index (χ0v) is 10.3. The van der Waals surface area contributed by atoms with E-state index < -0.39 is 5.92 Å². The van der Waals surface area contributed by atoms with Gasteiger partial charge in [-0.15, -0.1) is 0 Å². The minimum absolute atomic E-state index is 0.0209. The number of aryl methyl sites for hydroxylation is 1. The van der Waals surface area contributed by atoms with Crippen molar-refractivity contribution in [3.05, 3.63) is 34.9 Å². The van der Waals surface area contributed by atoms with Gasteiger partial charge >= 0.3 is 0 Å². The molecule has 2 nitrogen and oxygen atoms in total. The molecule has 3 heteroatoms.